The Bertz CT molecular complexity index is 833. The van der Waals surface area contributed by atoms with Gasteiger partial charge in [0.15, 0.2) is 0 Å². The summed E-state index contributed by atoms with van der Waals surface area (Å²) in [6.45, 7) is 7.05. The molecule has 3 rings (SSSR count). The lowest BCUT2D eigenvalue weighted by Gasteiger charge is -2.36. The Morgan fingerprint density at radius 3 is 2.81 bits per heavy atom. The third kappa shape index (κ3) is 7.14. The minimum absolute atomic E-state index is 0.000503. The fourth-order valence-corrected chi connectivity index (χ4v) is 4.06. The molecule has 0 radical (unpaired) electrons. The zero-order valence-corrected chi connectivity index (χ0v) is 19.4. The van der Waals surface area contributed by atoms with Crippen molar-refractivity contribution >= 4 is 23.6 Å². The highest BCUT2D eigenvalue weighted by molar-refractivity contribution is 5.94. The average molecular weight is 446 g/mol. The number of fused-ring (bicyclic) bond motifs is 1. The molecule has 1 saturated heterocycles. The Labute approximate surface area is 190 Å². The summed E-state index contributed by atoms with van der Waals surface area (Å²) in [6.07, 6.45) is 4.69. The van der Waals surface area contributed by atoms with Gasteiger partial charge in [0.1, 0.15) is 11.4 Å². The van der Waals surface area contributed by atoms with E-state index < -0.39 is 11.7 Å². The van der Waals surface area contributed by atoms with Crippen molar-refractivity contribution in [2.75, 3.05) is 25.0 Å². The number of carbonyl (C=O) groups excluding carboxylic acids is 3. The van der Waals surface area contributed by atoms with Crippen LogP contribution in [0, 0.1) is 0 Å². The third-order valence-electron chi connectivity index (χ3n) is 5.60. The SMILES string of the molecule is CC(C)(C)OC(=O)NCC1CCCCN1C(=O)CCCOc1ccc2c(c1)CCC(=O)N2. The number of carbonyl (C=O) groups is 3. The van der Waals surface area contributed by atoms with E-state index in [1.54, 1.807) is 0 Å². The first-order valence-electron chi connectivity index (χ1n) is 11.5. The highest BCUT2D eigenvalue weighted by atomic mass is 16.6. The minimum atomic E-state index is -0.544. The first-order chi connectivity index (χ1) is 15.2. The number of nitrogens with one attached hydrogen (secondary N) is 2. The van der Waals surface area contributed by atoms with Crippen molar-refractivity contribution in [2.45, 2.75) is 77.4 Å². The molecule has 32 heavy (non-hydrogen) atoms. The number of benzene rings is 1. The monoisotopic (exact) mass is 445 g/mol. The second-order valence-electron chi connectivity index (χ2n) is 9.44. The quantitative estimate of drug-likeness (QED) is 0.625. The number of amides is 3. The van der Waals surface area contributed by atoms with Crippen LogP contribution in [-0.4, -0.2) is 54.1 Å². The zero-order valence-electron chi connectivity index (χ0n) is 19.4. The fraction of sp³-hybridized carbons (Fsp3) is 0.625. The van der Waals surface area contributed by atoms with Gasteiger partial charge in [0, 0.05) is 37.7 Å². The second-order valence-corrected chi connectivity index (χ2v) is 9.44. The summed E-state index contributed by atoms with van der Waals surface area (Å²) < 4.78 is 11.1. The maximum Gasteiger partial charge on any atom is 0.407 e. The van der Waals surface area contributed by atoms with E-state index in [1.807, 2.05) is 43.9 Å². The summed E-state index contributed by atoms with van der Waals surface area (Å²) in [5.41, 5.74) is 1.38. The van der Waals surface area contributed by atoms with Crippen LogP contribution < -0.4 is 15.4 Å². The van der Waals surface area contributed by atoms with E-state index in [2.05, 4.69) is 10.6 Å². The number of ether oxygens (including phenoxy) is 2. The average Bonchev–Trinajstić information content (AvgIpc) is 2.74. The Hall–Kier alpha value is -2.77. The van der Waals surface area contributed by atoms with E-state index >= 15 is 0 Å². The van der Waals surface area contributed by atoms with Crippen LogP contribution in [0.4, 0.5) is 10.5 Å². The molecule has 2 heterocycles. The van der Waals surface area contributed by atoms with Crippen molar-refractivity contribution < 1.29 is 23.9 Å². The van der Waals surface area contributed by atoms with Gasteiger partial charge in [-0.25, -0.2) is 4.79 Å². The summed E-state index contributed by atoms with van der Waals surface area (Å²) in [6, 6.07) is 5.66. The van der Waals surface area contributed by atoms with E-state index in [-0.39, 0.29) is 17.9 Å². The third-order valence-corrected chi connectivity index (χ3v) is 5.60. The smallest absolute Gasteiger partial charge is 0.407 e. The van der Waals surface area contributed by atoms with E-state index in [4.69, 9.17) is 9.47 Å². The molecule has 8 nitrogen and oxygen atoms in total. The maximum atomic E-state index is 12.8. The lowest BCUT2D eigenvalue weighted by molar-refractivity contribution is -0.135. The summed E-state index contributed by atoms with van der Waals surface area (Å²) in [7, 11) is 0. The van der Waals surface area contributed by atoms with Crippen LogP contribution in [0.15, 0.2) is 18.2 Å². The molecule has 2 N–H and O–H groups in total. The molecule has 2 aliphatic heterocycles. The van der Waals surface area contributed by atoms with Crippen molar-refractivity contribution in [3.8, 4) is 5.75 Å². The molecule has 1 unspecified atom stereocenters. The molecule has 176 valence electrons. The number of alkyl carbamates (subject to hydrolysis) is 1. The molecule has 1 aromatic carbocycles. The zero-order chi connectivity index (χ0) is 23.1. The molecule has 3 amide bonds. The first kappa shape index (κ1) is 23.9. The molecule has 0 saturated carbocycles. The lowest BCUT2D eigenvalue weighted by atomic mass is 10.0. The van der Waals surface area contributed by atoms with Crippen molar-refractivity contribution in [1.82, 2.24) is 10.2 Å². The lowest BCUT2D eigenvalue weighted by Crippen LogP contribution is -2.50. The number of hydrogen-bond acceptors (Lipinski definition) is 5. The van der Waals surface area contributed by atoms with Crippen molar-refractivity contribution in [3.63, 3.8) is 0 Å². The molecular formula is C24H35N3O5. The van der Waals surface area contributed by atoms with E-state index in [0.717, 1.165) is 42.8 Å². The predicted molar refractivity (Wildman–Crippen MR) is 122 cm³/mol. The standard InChI is InChI=1S/C24H35N3O5/c1-24(2,3)32-23(30)25-16-18-7-4-5-13-27(18)22(29)8-6-14-31-19-10-11-20-17(15-19)9-12-21(28)26-20/h10-11,15,18H,4-9,12-14,16H2,1-3H3,(H,25,30)(H,26,28). The Morgan fingerprint density at radius 1 is 1.22 bits per heavy atom. The van der Waals surface area contributed by atoms with Crippen LogP contribution in [0.3, 0.4) is 0 Å². The van der Waals surface area contributed by atoms with Gasteiger partial charge in [0.25, 0.3) is 0 Å². The number of anilines is 1. The summed E-state index contributed by atoms with van der Waals surface area (Å²) in [5.74, 6) is 0.893. The van der Waals surface area contributed by atoms with Gasteiger partial charge >= 0.3 is 6.09 Å². The number of hydrogen-bond donors (Lipinski definition) is 2. The Balaban J connectivity index is 1.42. The van der Waals surface area contributed by atoms with Crippen molar-refractivity contribution in [1.29, 1.82) is 0 Å². The molecule has 1 fully saturated rings. The summed E-state index contributed by atoms with van der Waals surface area (Å²) >= 11 is 0. The molecule has 0 bridgehead atoms. The topological polar surface area (TPSA) is 97.0 Å². The minimum Gasteiger partial charge on any atom is -0.494 e. The van der Waals surface area contributed by atoms with Crippen LogP contribution >= 0.6 is 0 Å². The van der Waals surface area contributed by atoms with Gasteiger partial charge in [0.2, 0.25) is 11.8 Å². The number of aryl methyl sites for hydroxylation is 1. The van der Waals surface area contributed by atoms with Gasteiger partial charge in [-0.15, -0.1) is 0 Å². The number of piperidine rings is 1. The largest absolute Gasteiger partial charge is 0.494 e. The molecule has 2 aliphatic rings. The van der Waals surface area contributed by atoms with E-state index in [1.165, 1.54) is 0 Å². The van der Waals surface area contributed by atoms with Gasteiger partial charge in [-0.05, 0) is 76.6 Å². The first-order valence-corrected chi connectivity index (χ1v) is 11.5. The number of likely N-dealkylation sites (tertiary alicyclic amines) is 1. The van der Waals surface area contributed by atoms with Gasteiger partial charge in [-0.1, -0.05) is 0 Å². The van der Waals surface area contributed by atoms with Gasteiger partial charge < -0.3 is 25.0 Å². The van der Waals surface area contributed by atoms with Crippen LogP contribution in [0.5, 0.6) is 5.75 Å². The van der Waals surface area contributed by atoms with Crippen LogP contribution in [0.25, 0.3) is 0 Å². The highest BCUT2D eigenvalue weighted by Gasteiger charge is 2.27. The number of rotatable bonds is 7. The summed E-state index contributed by atoms with van der Waals surface area (Å²) in [4.78, 5) is 38.1. The Morgan fingerprint density at radius 2 is 2.03 bits per heavy atom. The van der Waals surface area contributed by atoms with Crippen LogP contribution in [0.2, 0.25) is 0 Å². The molecule has 0 aromatic heterocycles. The molecule has 0 aliphatic carbocycles. The van der Waals surface area contributed by atoms with Crippen molar-refractivity contribution in [2.24, 2.45) is 0 Å². The van der Waals surface area contributed by atoms with Gasteiger partial charge in [-0.2, -0.15) is 0 Å². The molecule has 1 aromatic rings. The van der Waals surface area contributed by atoms with Crippen LogP contribution in [0.1, 0.15) is 64.9 Å². The summed E-state index contributed by atoms with van der Waals surface area (Å²) in [5, 5.41) is 5.66. The molecule has 8 heteroatoms. The normalized spacial score (nSPS) is 18.4. The number of nitrogens with zero attached hydrogens (tertiary/aromatic N) is 1. The van der Waals surface area contributed by atoms with E-state index in [9.17, 15) is 14.4 Å². The molecular weight excluding hydrogens is 410 g/mol. The van der Waals surface area contributed by atoms with Crippen molar-refractivity contribution in [3.05, 3.63) is 23.8 Å². The molecule has 1 atom stereocenters. The van der Waals surface area contributed by atoms with Gasteiger partial charge in [-0.3, -0.25) is 9.59 Å². The second kappa shape index (κ2) is 10.7. The molecule has 0 spiro atoms. The highest BCUT2D eigenvalue weighted by Crippen LogP contribution is 2.27. The maximum absolute atomic E-state index is 12.8. The van der Waals surface area contributed by atoms with Gasteiger partial charge in [0.05, 0.1) is 6.61 Å². The Kier molecular flexibility index (Phi) is 7.99. The van der Waals surface area contributed by atoms with E-state index in [0.29, 0.717) is 38.8 Å². The van der Waals surface area contributed by atoms with Crippen LogP contribution in [-0.2, 0) is 20.7 Å². The fourth-order valence-electron chi connectivity index (χ4n) is 4.06. The predicted octanol–water partition coefficient (Wildman–Crippen LogP) is 3.64.